The summed E-state index contributed by atoms with van der Waals surface area (Å²) in [4.78, 5) is 3.55. The van der Waals surface area contributed by atoms with Gasteiger partial charge in [0.25, 0.3) is 0 Å². The fourth-order valence-corrected chi connectivity index (χ4v) is 2.31. The lowest BCUT2D eigenvalue weighted by molar-refractivity contribution is 0.0721. The molecule has 0 radical (unpaired) electrons. The van der Waals surface area contributed by atoms with Crippen molar-refractivity contribution >= 4 is 11.8 Å². The molecule has 2 atom stereocenters. The summed E-state index contributed by atoms with van der Waals surface area (Å²) in [5.74, 6) is 0.402. The highest BCUT2D eigenvalue weighted by Gasteiger charge is 2.21. The quantitative estimate of drug-likeness (QED) is 0.313. The maximum Gasteiger partial charge on any atom is 0.101 e. The first kappa shape index (κ1) is 15.8. The Morgan fingerprint density at radius 3 is 2.53 bits per heavy atom. The molecule has 0 unspecified atom stereocenters. The molecule has 0 aromatic heterocycles. The molecule has 1 rings (SSSR count). The summed E-state index contributed by atoms with van der Waals surface area (Å²) >= 11 is 1.40. The molecule has 1 aromatic rings. The lowest BCUT2D eigenvalue weighted by atomic mass is 10.0. The van der Waals surface area contributed by atoms with E-state index in [4.69, 9.17) is 10.3 Å². The van der Waals surface area contributed by atoms with Gasteiger partial charge in [-0.2, -0.15) is 0 Å². The first-order valence-electron chi connectivity index (χ1n) is 5.68. The largest absolute Gasteiger partial charge is 0.376 e. The van der Waals surface area contributed by atoms with E-state index < -0.39 is 18.8 Å². The Kier molecular flexibility index (Phi) is 7.25. The van der Waals surface area contributed by atoms with Gasteiger partial charge in [-0.1, -0.05) is 17.2 Å². The van der Waals surface area contributed by atoms with E-state index in [2.05, 4.69) is 10.0 Å². The number of hydrogen-bond donors (Lipinski definition) is 0. The Morgan fingerprint density at radius 1 is 1.37 bits per heavy atom. The van der Waals surface area contributed by atoms with Gasteiger partial charge in [-0.15, -0.1) is 11.8 Å². The van der Waals surface area contributed by atoms with E-state index in [9.17, 15) is 8.78 Å². The van der Waals surface area contributed by atoms with Crippen molar-refractivity contribution in [2.75, 3.05) is 26.2 Å². The lowest BCUT2D eigenvalue weighted by Crippen LogP contribution is -2.20. The second-order valence-corrected chi connectivity index (χ2v) is 4.86. The predicted octanol–water partition coefficient (Wildman–Crippen LogP) is 4.08. The third kappa shape index (κ3) is 4.70. The number of rotatable bonds is 8. The number of thioether (sulfide) groups is 1. The number of methoxy groups -OCH3 is 1. The van der Waals surface area contributed by atoms with Gasteiger partial charge in [0.05, 0.1) is 18.8 Å². The summed E-state index contributed by atoms with van der Waals surface area (Å²) in [5.41, 5.74) is 9.12. The molecule has 0 amide bonds. The van der Waals surface area contributed by atoms with Gasteiger partial charge in [0, 0.05) is 22.7 Å². The van der Waals surface area contributed by atoms with Crippen LogP contribution >= 0.6 is 11.8 Å². The Hall–Kier alpha value is -1.30. The molecule has 0 aliphatic carbocycles. The molecule has 0 spiro atoms. The molecule has 0 heterocycles. The van der Waals surface area contributed by atoms with Crippen LogP contribution in [0.25, 0.3) is 10.4 Å². The van der Waals surface area contributed by atoms with Crippen molar-refractivity contribution in [2.45, 2.75) is 17.0 Å². The fourth-order valence-electron chi connectivity index (χ4n) is 1.66. The molecule has 104 valence electrons. The highest BCUT2D eigenvalue weighted by Crippen LogP contribution is 2.26. The predicted molar refractivity (Wildman–Crippen MR) is 71.8 cm³/mol. The molecule has 1 aromatic carbocycles. The molecule has 0 aliphatic rings. The monoisotopic (exact) mass is 287 g/mol. The van der Waals surface area contributed by atoms with E-state index in [1.807, 2.05) is 12.1 Å². The number of hydrogen-bond acceptors (Lipinski definition) is 3. The van der Waals surface area contributed by atoms with Crippen molar-refractivity contribution in [1.82, 2.24) is 0 Å². The van der Waals surface area contributed by atoms with Crippen LogP contribution in [0.1, 0.15) is 11.7 Å². The zero-order chi connectivity index (χ0) is 14.1. The van der Waals surface area contributed by atoms with Crippen molar-refractivity contribution in [1.29, 1.82) is 0 Å². The van der Waals surface area contributed by atoms with Gasteiger partial charge in [0.2, 0.25) is 0 Å². The fraction of sp³-hybridized carbons (Fsp3) is 0.500. The Labute approximate surface area is 114 Å². The van der Waals surface area contributed by atoms with Crippen molar-refractivity contribution in [2.24, 2.45) is 5.11 Å². The first-order chi connectivity index (χ1) is 9.26. The lowest BCUT2D eigenvalue weighted by Gasteiger charge is -2.20. The minimum absolute atomic E-state index is 0.381. The summed E-state index contributed by atoms with van der Waals surface area (Å²) < 4.78 is 30.1. The van der Waals surface area contributed by atoms with Gasteiger partial charge in [-0.25, -0.2) is 0 Å². The molecule has 0 saturated carbocycles. The average molecular weight is 287 g/mol. The van der Waals surface area contributed by atoms with Crippen LogP contribution in [0.5, 0.6) is 0 Å². The van der Waals surface area contributed by atoms with Crippen LogP contribution in [0, 0.1) is 0 Å². The number of nitrogens with zero attached hydrogens (tertiary/aromatic N) is 3. The Morgan fingerprint density at radius 2 is 2.05 bits per heavy atom. The third-order valence-electron chi connectivity index (χ3n) is 2.52. The van der Waals surface area contributed by atoms with E-state index >= 15 is 0 Å². The maximum atomic E-state index is 12.8. The number of azide groups is 1. The topological polar surface area (TPSA) is 58.0 Å². The van der Waals surface area contributed by atoms with Gasteiger partial charge in [0.1, 0.15) is 6.67 Å². The number of alkyl halides is 2. The van der Waals surface area contributed by atoms with Crippen LogP contribution in [0.15, 0.2) is 34.3 Å². The van der Waals surface area contributed by atoms with Crippen LogP contribution in [0.2, 0.25) is 0 Å². The van der Waals surface area contributed by atoms with E-state index in [-0.39, 0.29) is 6.67 Å². The van der Waals surface area contributed by atoms with E-state index in [1.165, 1.54) is 18.9 Å². The van der Waals surface area contributed by atoms with Gasteiger partial charge in [0.15, 0.2) is 0 Å². The molecule has 4 nitrogen and oxygen atoms in total. The summed E-state index contributed by atoms with van der Waals surface area (Å²) in [6.45, 7) is -1.17. The molecule has 0 N–H and O–H groups in total. The van der Waals surface area contributed by atoms with E-state index in [0.29, 0.717) is 5.75 Å². The molecule has 7 heteroatoms. The second-order valence-electron chi connectivity index (χ2n) is 3.69. The highest BCUT2D eigenvalue weighted by molar-refractivity contribution is 7.99. The first-order valence-corrected chi connectivity index (χ1v) is 6.67. The summed E-state index contributed by atoms with van der Waals surface area (Å²) in [6.07, 6.45) is -0.624. The van der Waals surface area contributed by atoms with Gasteiger partial charge < -0.3 is 4.74 Å². The smallest absolute Gasteiger partial charge is 0.101 e. The molecule has 0 fully saturated rings. The minimum atomic E-state index is -0.889. The van der Waals surface area contributed by atoms with Crippen LogP contribution < -0.4 is 0 Å². The van der Waals surface area contributed by atoms with Crippen LogP contribution in [0.3, 0.4) is 0 Å². The molecular weight excluding hydrogens is 272 g/mol. The average Bonchev–Trinajstić information content (AvgIpc) is 2.46. The Bertz CT molecular complexity index is 423. The molecule has 0 bridgehead atoms. The summed E-state index contributed by atoms with van der Waals surface area (Å²) in [6, 6.07) is 6.27. The molecule has 0 saturated heterocycles. The number of halogens is 2. The van der Waals surface area contributed by atoms with Crippen LogP contribution in [-0.2, 0) is 4.74 Å². The number of ether oxygens (including phenoxy) is 1. The van der Waals surface area contributed by atoms with Crippen LogP contribution in [-0.4, -0.2) is 32.3 Å². The van der Waals surface area contributed by atoms with Gasteiger partial charge in [-0.05, 0) is 23.2 Å². The SMILES string of the molecule is CO[C@H](c1ccc(SCCF)cc1)[C@@H](CF)N=[N+]=[N-]. The second kappa shape index (κ2) is 8.74. The van der Waals surface area contributed by atoms with E-state index in [1.54, 1.807) is 12.1 Å². The number of benzene rings is 1. The van der Waals surface area contributed by atoms with Crippen molar-refractivity contribution in [3.63, 3.8) is 0 Å². The zero-order valence-corrected chi connectivity index (χ0v) is 11.3. The summed E-state index contributed by atoms with van der Waals surface area (Å²) in [5, 5.41) is 3.39. The molecule has 0 aliphatic heterocycles. The Balaban J connectivity index is 2.83. The van der Waals surface area contributed by atoms with Crippen molar-refractivity contribution in [3.8, 4) is 0 Å². The van der Waals surface area contributed by atoms with Gasteiger partial charge in [-0.3, -0.25) is 8.78 Å². The maximum absolute atomic E-state index is 12.8. The standard InChI is InChI=1S/C12H15F2N3OS/c1-18-12(11(8-14)16-17-15)9-2-4-10(5-3-9)19-7-6-13/h2-5,11-12H,6-8H2,1H3/t11-,12-/m1/s1. The molecule has 19 heavy (non-hydrogen) atoms. The summed E-state index contributed by atoms with van der Waals surface area (Å²) in [7, 11) is 1.44. The third-order valence-corrected chi connectivity index (χ3v) is 3.48. The molecular formula is C12H15F2N3OS. The normalized spacial score (nSPS) is 13.6. The van der Waals surface area contributed by atoms with Crippen molar-refractivity contribution in [3.05, 3.63) is 40.3 Å². The van der Waals surface area contributed by atoms with Crippen molar-refractivity contribution < 1.29 is 13.5 Å². The zero-order valence-electron chi connectivity index (χ0n) is 10.5. The highest BCUT2D eigenvalue weighted by atomic mass is 32.2. The van der Waals surface area contributed by atoms with Crippen LogP contribution in [0.4, 0.5) is 8.78 Å². The van der Waals surface area contributed by atoms with E-state index in [0.717, 1.165) is 10.5 Å². The van der Waals surface area contributed by atoms with Gasteiger partial charge >= 0.3 is 0 Å². The minimum Gasteiger partial charge on any atom is -0.376 e.